The second-order valence-corrected chi connectivity index (χ2v) is 3.50. The lowest BCUT2D eigenvalue weighted by molar-refractivity contribution is 0.451. The number of benzene rings is 1. The first-order valence-electron chi connectivity index (χ1n) is 4.04. The third-order valence-electron chi connectivity index (χ3n) is 1.92. The van der Waals surface area contributed by atoms with Crippen LogP contribution in [0.3, 0.4) is 0 Å². The Morgan fingerprint density at radius 1 is 1.21 bits per heavy atom. The van der Waals surface area contributed by atoms with Crippen LogP contribution in [-0.2, 0) is 0 Å². The van der Waals surface area contributed by atoms with Gasteiger partial charge in [0.05, 0.1) is 9.90 Å². The van der Waals surface area contributed by atoms with Crippen molar-refractivity contribution in [3.63, 3.8) is 0 Å². The van der Waals surface area contributed by atoms with Crippen LogP contribution in [0.15, 0.2) is 22.6 Å². The minimum Gasteiger partial charge on any atom is -0.508 e. The van der Waals surface area contributed by atoms with Gasteiger partial charge in [-0.2, -0.15) is 0 Å². The van der Waals surface area contributed by atoms with Crippen molar-refractivity contribution in [3.05, 3.63) is 28.5 Å². The molecule has 3 nitrogen and oxygen atoms in total. The molecule has 2 aromatic rings. The van der Waals surface area contributed by atoms with E-state index in [9.17, 15) is 10.2 Å². The van der Waals surface area contributed by atoms with Crippen LogP contribution in [0.1, 0.15) is 5.76 Å². The van der Waals surface area contributed by atoms with Crippen LogP contribution in [0.5, 0.6) is 11.5 Å². The van der Waals surface area contributed by atoms with Gasteiger partial charge in [0, 0.05) is 12.1 Å². The standard InChI is InChI=1S/C10H8O3S/c1-5-2-9(14)10-7(12)3-6(11)4-8(10)13-5/h2-4,11-12H,1H3. The molecule has 2 N–H and O–H groups in total. The molecule has 14 heavy (non-hydrogen) atoms. The van der Waals surface area contributed by atoms with Crippen molar-refractivity contribution in [2.45, 2.75) is 6.92 Å². The largest absolute Gasteiger partial charge is 0.508 e. The van der Waals surface area contributed by atoms with Crippen molar-refractivity contribution in [2.24, 2.45) is 0 Å². The van der Waals surface area contributed by atoms with Gasteiger partial charge in [-0.15, -0.1) is 0 Å². The van der Waals surface area contributed by atoms with Crippen molar-refractivity contribution < 1.29 is 14.6 Å². The average molecular weight is 208 g/mol. The lowest BCUT2D eigenvalue weighted by atomic mass is 10.2. The van der Waals surface area contributed by atoms with Gasteiger partial charge in [-0.1, -0.05) is 12.2 Å². The number of aryl methyl sites for hydroxylation is 1. The third-order valence-corrected chi connectivity index (χ3v) is 2.24. The highest BCUT2D eigenvalue weighted by atomic mass is 32.1. The van der Waals surface area contributed by atoms with E-state index < -0.39 is 0 Å². The minimum atomic E-state index is -0.0613. The van der Waals surface area contributed by atoms with Gasteiger partial charge >= 0.3 is 0 Å². The molecular weight excluding hydrogens is 200 g/mol. The van der Waals surface area contributed by atoms with Gasteiger partial charge in [-0.05, 0) is 13.0 Å². The zero-order valence-corrected chi connectivity index (χ0v) is 8.26. The van der Waals surface area contributed by atoms with E-state index in [-0.39, 0.29) is 11.5 Å². The van der Waals surface area contributed by atoms with Gasteiger partial charge < -0.3 is 14.6 Å². The second kappa shape index (κ2) is 2.99. The van der Waals surface area contributed by atoms with Gasteiger partial charge in [-0.25, -0.2) is 0 Å². The summed E-state index contributed by atoms with van der Waals surface area (Å²) >= 11 is 5.07. The number of rotatable bonds is 0. The van der Waals surface area contributed by atoms with Gasteiger partial charge in [-0.3, -0.25) is 0 Å². The molecule has 0 radical (unpaired) electrons. The molecule has 0 aliphatic heterocycles. The van der Waals surface area contributed by atoms with E-state index in [4.69, 9.17) is 16.6 Å². The van der Waals surface area contributed by atoms with Gasteiger partial charge in [0.2, 0.25) is 0 Å². The van der Waals surface area contributed by atoms with E-state index in [1.54, 1.807) is 13.0 Å². The molecule has 72 valence electrons. The molecule has 0 aliphatic carbocycles. The van der Waals surface area contributed by atoms with Crippen LogP contribution in [0.25, 0.3) is 11.0 Å². The summed E-state index contributed by atoms with van der Waals surface area (Å²) in [5.41, 5.74) is 0.396. The molecule has 0 amide bonds. The summed E-state index contributed by atoms with van der Waals surface area (Å²) in [7, 11) is 0. The minimum absolute atomic E-state index is 0.0428. The monoisotopic (exact) mass is 208 g/mol. The Kier molecular flexibility index (Phi) is 1.93. The smallest absolute Gasteiger partial charge is 0.143 e. The predicted molar refractivity (Wildman–Crippen MR) is 55.1 cm³/mol. The maximum absolute atomic E-state index is 9.54. The van der Waals surface area contributed by atoms with Crippen molar-refractivity contribution >= 4 is 23.2 Å². The normalized spacial score (nSPS) is 10.6. The summed E-state index contributed by atoms with van der Waals surface area (Å²) < 4.78 is 5.83. The highest BCUT2D eigenvalue weighted by Crippen LogP contribution is 2.31. The van der Waals surface area contributed by atoms with Crippen LogP contribution < -0.4 is 0 Å². The Balaban J connectivity index is 3.02. The Labute approximate surface area is 85.2 Å². The van der Waals surface area contributed by atoms with Crippen molar-refractivity contribution in [3.8, 4) is 11.5 Å². The van der Waals surface area contributed by atoms with Gasteiger partial charge in [0.1, 0.15) is 22.8 Å². The van der Waals surface area contributed by atoms with E-state index in [1.807, 2.05) is 0 Å². The molecule has 2 rings (SSSR count). The molecule has 4 heteroatoms. The molecule has 0 saturated heterocycles. The van der Waals surface area contributed by atoms with E-state index in [0.717, 1.165) is 0 Å². The molecule has 1 aromatic heterocycles. The van der Waals surface area contributed by atoms with Crippen molar-refractivity contribution in [1.29, 1.82) is 0 Å². The number of aromatic hydroxyl groups is 2. The summed E-state index contributed by atoms with van der Waals surface area (Å²) in [6, 6.07) is 4.33. The SMILES string of the molecule is Cc1cc(=S)c2c(O)cc(O)cc2o1. The molecule has 0 fully saturated rings. The van der Waals surface area contributed by atoms with Crippen LogP contribution in [0.2, 0.25) is 0 Å². The highest BCUT2D eigenvalue weighted by Gasteiger charge is 2.06. The summed E-state index contributed by atoms with van der Waals surface area (Å²) in [5, 5.41) is 19.2. The lowest BCUT2D eigenvalue weighted by Crippen LogP contribution is -1.79. The quantitative estimate of drug-likeness (QED) is 0.653. The summed E-state index contributed by atoms with van der Waals surface area (Å²) in [6.07, 6.45) is 0. The molecule has 0 saturated carbocycles. The summed E-state index contributed by atoms with van der Waals surface area (Å²) in [6.45, 7) is 1.76. The first-order valence-corrected chi connectivity index (χ1v) is 4.45. The Morgan fingerprint density at radius 3 is 2.64 bits per heavy atom. The topological polar surface area (TPSA) is 53.6 Å². The highest BCUT2D eigenvalue weighted by molar-refractivity contribution is 7.71. The van der Waals surface area contributed by atoms with E-state index >= 15 is 0 Å². The summed E-state index contributed by atoms with van der Waals surface area (Å²) in [5.74, 6) is 0.542. The zero-order chi connectivity index (χ0) is 10.3. The maximum atomic E-state index is 9.54. The first kappa shape index (κ1) is 9.02. The molecule has 0 unspecified atom stereocenters. The fraction of sp³-hybridized carbons (Fsp3) is 0.100. The van der Waals surface area contributed by atoms with Crippen LogP contribution in [0.4, 0.5) is 0 Å². The Morgan fingerprint density at radius 2 is 1.93 bits per heavy atom. The van der Waals surface area contributed by atoms with Gasteiger partial charge in [0.25, 0.3) is 0 Å². The molecule has 0 atom stereocenters. The molecule has 0 bridgehead atoms. The Bertz CT molecular complexity index is 552. The summed E-state index contributed by atoms with van der Waals surface area (Å²) in [4.78, 5) is 0. The number of hydrogen-bond donors (Lipinski definition) is 2. The first-order chi connectivity index (χ1) is 6.58. The van der Waals surface area contributed by atoms with Crippen molar-refractivity contribution in [1.82, 2.24) is 0 Å². The van der Waals surface area contributed by atoms with Crippen LogP contribution in [0, 0.1) is 11.4 Å². The van der Waals surface area contributed by atoms with E-state index in [2.05, 4.69) is 0 Å². The second-order valence-electron chi connectivity index (χ2n) is 3.06. The van der Waals surface area contributed by atoms with E-state index in [1.165, 1.54) is 12.1 Å². The number of hydrogen-bond acceptors (Lipinski definition) is 4. The zero-order valence-electron chi connectivity index (χ0n) is 7.44. The van der Waals surface area contributed by atoms with E-state index in [0.29, 0.717) is 21.2 Å². The Hall–Kier alpha value is -1.55. The lowest BCUT2D eigenvalue weighted by Gasteiger charge is -2.02. The number of phenolic OH excluding ortho intramolecular Hbond substituents is 2. The molecule has 1 aromatic carbocycles. The van der Waals surface area contributed by atoms with Crippen molar-refractivity contribution in [2.75, 3.05) is 0 Å². The predicted octanol–water partition coefficient (Wildman–Crippen LogP) is 2.88. The third kappa shape index (κ3) is 1.33. The van der Waals surface area contributed by atoms with Gasteiger partial charge in [0.15, 0.2) is 0 Å². The average Bonchev–Trinajstić information content (AvgIpc) is 1.99. The molecule has 1 heterocycles. The fourth-order valence-electron chi connectivity index (χ4n) is 1.37. The van der Waals surface area contributed by atoms with Crippen LogP contribution >= 0.6 is 12.2 Å². The molecule has 0 spiro atoms. The number of phenols is 2. The fourth-order valence-corrected chi connectivity index (χ4v) is 1.75. The molecular formula is C10H8O3S. The number of fused-ring (bicyclic) bond motifs is 1. The van der Waals surface area contributed by atoms with Crippen LogP contribution in [-0.4, -0.2) is 10.2 Å². The molecule has 0 aliphatic rings. The maximum Gasteiger partial charge on any atom is 0.143 e.